The highest BCUT2D eigenvalue weighted by atomic mass is 16.5. The van der Waals surface area contributed by atoms with Crippen molar-refractivity contribution < 1.29 is 29.0 Å². The molecule has 2 unspecified atom stereocenters. The number of carboxylic acids is 1. The van der Waals surface area contributed by atoms with Gasteiger partial charge in [0.15, 0.2) is 5.54 Å². The van der Waals surface area contributed by atoms with Gasteiger partial charge in [-0.25, -0.2) is 9.59 Å². The topological polar surface area (TPSA) is 138 Å². The van der Waals surface area contributed by atoms with Crippen molar-refractivity contribution in [1.82, 2.24) is 10.6 Å². The normalized spacial score (nSPS) is 19.2. The Labute approximate surface area is 203 Å². The first-order valence-electron chi connectivity index (χ1n) is 11.6. The summed E-state index contributed by atoms with van der Waals surface area (Å²) in [5.74, 6) is -1.98. The zero-order chi connectivity index (χ0) is 24.8. The highest BCUT2D eigenvalue weighted by molar-refractivity contribution is 5.91. The third-order valence-electron chi connectivity index (χ3n) is 6.53. The van der Waals surface area contributed by atoms with E-state index in [9.17, 15) is 19.5 Å². The number of alkyl carbamates (subject to hydrolysis) is 1. The Morgan fingerprint density at radius 2 is 1.80 bits per heavy atom. The second kappa shape index (κ2) is 10.6. The van der Waals surface area contributed by atoms with Crippen LogP contribution in [0.4, 0.5) is 4.79 Å². The number of aliphatic carboxylic acids is 1. The van der Waals surface area contributed by atoms with Crippen molar-refractivity contribution in [3.63, 3.8) is 0 Å². The van der Waals surface area contributed by atoms with E-state index in [1.54, 1.807) is 0 Å². The van der Waals surface area contributed by atoms with Crippen molar-refractivity contribution in [2.45, 2.75) is 43.2 Å². The number of ether oxygens (including phenoxy) is 2. The summed E-state index contributed by atoms with van der Waals surface area (Å²) in [5, 5.41) is 23.6. The quantitative estimate of drug-likeness (QED) is 0.472. The number of hydrogen-bond donors (Lipinski definition) is 3. The average Bonchev–Trinajstić information content (AvgIpc) is 3.46. The molecule has 4 rings (SSSR count). The van der Waals surface area contributed by atoms with E-state index in [0.717, 1.165) is 22.3 Å². The summed E-state index contributed by atoms with van der Waals surface area (Å²) >= 11 is 0. The van der Waals surface area contributed by atoms with Crippen molar-refractivity contribution in [3.8, 4) is 17.2 Å². The minimum absolute atomic E-state index is 0.0826. The first kappa shape index (κ1) is 24.2. The van der Waals surface area contributed by atoms with Crippen LogP contribution in [-0.2, 0) is 19.1 Å². The molecule has 2 atom stereocenters. The fourth-order valence-electron chi connectivity index (χ4n) is 4.65. The summed E-state index contributed by atoms with van der Waals surface area (Å²) in [4.78, 5) is 37.4. The third kappa shape index (κ3) is 5.12. The van der Waals surface area contributed by atoms with Gasteiger partial charge in [0.25, 0.3) is 0 Å². The Morgan fingerprint density at radius 3 is 2.37 bits per heavy atom. The van der Waals surface area contributed by atoms with Crippen LogP contribution in [0.2, 0.25) is 0 Å². The molecule has 9 nitrogen and oxygen atoms in total. The predicted molar refractivity (Wildman–Crippen MR) is 125 cm³/mol. The molecule has 0 spiro atoms. The van der Waals surface area contributed by atoms with E-state index < -0.39 is 29.6 Å². The van der Waals surface area contributed by atoms with E-state index >= 15 is 0 Å². The van der Waals surface area contributed by atoms with Gasteiger partial charge in [-0.3, -0.25) is 4.79 Å². The summed E-state index contributed by atoms with van der Waals surface area (Å²) in [7, 11) is 0. The standard InChI is InChI=1S/C26H27N3O6/c27-13-6-5-11-22(23(30)29-26(24(31)32)12-14-34-16-26)28-25(33)35-15-21-19-9-3-1-7-17(19)18-8-2-4-10-20(18)21/h1-4,7-10,21-22H,5-6,11-12,14-16H2,(H,28,33)(H,29,30)(H,31,32). The maximum Gasteiger partial charge on any atom is 0.407 e. The van der Waals surface area contributed by atoms with Crippen LogP contribution in [0.15, 0.2) is 48.5 Å². The molecule has 9 heteroatoms. The van der Waals surface area contributed by atoms with Gasteiger partial charge in [0, 0.05) is 25.4 Å². The molecule has 0 bridgehead atoms. The molecule has 2 aromatic carbocycles. The number of nitrogens with zero attached hydrogens (tertiary/aromatic N) is 1. The number of unbranched alkanes of at least 4 members (excludes halogenated alkanes) is 1. The van der Waals surface area contributed by atoms with Gasteiger partial charge in [-0.05, 0) is 35.1 Å². The molecule has 2 amide bonds. The maximum atomic E-state index is 12.9. The lowest BCUT2D eigenvalue weighted by Crippen LogP contribution is -2.60. The van der Waals surface area contributed by atoms with Crippen LogP contribution in [0, 0.1) is 11.3 Å². The Bertz CT molecular complexity index is 1110. The van der Waals surface area contributed by atoms with Crippen molar-refractivity contribution >= 4 is 18.0 Å². The van der Waals surface area contributed by atoms with E-state index in [1.807, 2.05) is 54.6 Å². The zero-order valence-electron chi connectivity index (χ0n) is 19.2. The molecule has 1 aliphatic carbocycles. The van der Waals surface area contributed by atoms with Gasteiger partial charge in [-0.1, -0.05) is 48.5 Å². The maximum absolute atomic E-state index is 12.9. The molecule has 3 N–H and O–H groups in total. The first-order valence-corrected chi connectivity index (χ1v) is 11.6. The summed E-state index contributed by atoms with van der Waals surface area (Å²) in [5.41, 5.74) is 2.80. The second-order valence-corrected chi connectivity index (χ2v) is 8.75. The molecule has 1 saturated heterocycles. The molecule has 2 aromatic rings. The summed E-state index contributed by atoms with van der Waals surface area (Å²) in [6.07, 6.45) is 0.0680. The van der Waals surface area contributed by atoms with Crippen LogP contribution in [0.3, 0.4) is 0 Å². The average molecular weight is 478 g/mol. The number of nitriles is 1. The highest BCUT2D eigenvalue weighted by Gasteiger charge is 2.45. The summed E-state index contributed by atoms with van der Waals surface area (Å²) in [6.45, 7) is 0.148. The number of amides is 2. The van der Waals surface area contributed by atoms with Crippen LogP contribution in [0.25, 0.3) is 11.1 Å². The lowest BCUT2D eigenvalue weighted by atomic mass is 9.97. The highest BCUT2D eigenvalue weighted by Crippen LogP contribution is 2.44. The van der Waals surface area contributed by atoms with Crippen LogP contribution in [-0.4, -0.2) is 54.5 Å². The van der Waals surface area contributed by atoms with E-state index in [0.29, 0.717) is 6.42 Å². The first-order chi connectivity index (χ1) is 16.9. The number of carbonyl (C=O) groups is 3. The minimum Gasteiger partial charge on any atom is -0.479 e. The lowest BCUT2D eigenvalue weighted by molar-refractivity contribution is -0.148. The summed E-state index contributed by atoms with van der Waals surface area (Å²) < 4.78 is 10.7. The van der Waals surface area contributed by atoms with Gasteiger partial charge in [-0.15, -0.1) is 0 Å². The summed E-state index contributed by atoms with van der Waals surface area (Å²) in [6, 6.07) is 16.9. The fourth-order valence-corrected chi connectivity index (χ4v) is 4.65. The van der Waals surface area contributed by atoms with E-state index in [-0.39, 0.29) is 45.0 Å². The van der Waals surface area contributed by atoms with E-state index in [1.165, 1.54) is 0 Å². The number of hydrogen-bond acceptors (Lipinski definition) is 6. The zero-order valence-corrected chi connectivity index (χ0v) is 19.2. The molecular weight excluding hydrogens is 450 g/mol. The van der Waals surface area contributed by atoms with Gasteiger partial charge in [0.1, 0.15) is 12.6 Å². The van der Waals surface area contributed by atoms with Crippen molar-refractivity contribution in [2.75, 3.05) is 19.8 Å². The Kier molecular flexibility index (Phi) is 7.32. The Hall–Kier alpha value is -3.90. The number of benzene rings is 2. The molecule has 1 fully saturated rings. The SMILES string of the molecule is N#CCCCC(NC(=O)OCC1c2ccccc2-c2ccccc21)C(=O)NC1(C(=O)O)CCOC1. The monoisotopic (exact) mass is 477 g/mol. The van der Waals surface area contributed by atoms with Gasteiger partial charge in [0.2, 0.25) is 5.91 Å². The number of carboxylic acid groups (broad SMARTS) is 1. The third-order valence-corrected chi connectivity index (χ3v) is 6.53. The van der Waals surface area contributed by atoms with Gasteiger partial charge in [-0.2, -0.15) is 5.26 Å². The predicted octanol–water partition coefficient (Wildman–Crippen LogP) is 2.95. The minimum atomic E-state index is -1.53. The van der Waals surface area contributed by atoms with Crippen LogP contribution >= 0.6 is 0 Å². The molecule has 0 radical (unpaired) electrons. The van der Waals surface area contributed by atoms with Crippen molar-refractivity contribution in [3.05, 3.63) is 59.7 Å². The van der Waals surface area contributed by atoms with Gasteiger partial charge in [0.05, 0.1) is 12.7 Å². The van der Waals surface area contributed by atoms with Crippen molar-refractivity contribution in [2.24, 2.45) is 0 Å². The number of rotatable bonds is 9. The molecule has 182 valence electrons. The number of fused-ring (bicyclic) bond motifs is 3. The van der Waals surface area contributed by atoms with Crippen molar-refractivity contribution in [1.29, 1.82) is 5.26 Å². The van der Waals surface area contributed by atoms with E-state index in [4.69, 9.17) is 14.7 Å². The molecule has 0 saturated carbocycles. The number of carbonyl (C=O) groups excluding carboxylic acids is 2. The molecule has 0 aromatic heterocycles. The lowest BCUT2D eigenvalue weighted by Gasteiger charge is -2.27. The number of nitrogens with one attached hydrogen (secondary N) is 2. The van der Waals surface area contributed by atoms with E-state index in [2.05, 4.69) is 10.6 Å². The molecule has 1 aliphatic heterocycles. The Morgan fingerprint density at radius 1 is 1.14 bits per heavy atom. The molecule has 1 heterocycles. The second-order valence-electron chi connectivity index (χ2n) is 8.75. The Balaban J connectivity index is 1.42. The van der Waals surface area contributed by atoms with Crippen LogP contribution in [0.5, 0.6) is 0 Å². The fraction of sp³-hybridized carbons (Fsp3) is 0.385. The van der Waals surface area contributed by atoms with Crippen LogP contribution < -0.4 is 10.6 Å². The molecular formula is C26H27N3O6. The molecule has 2 aliphatic rings. The smallest absolute Gasteiger partial charge is 0.407 e. The van der Waals surface area contributed by atoms with Gasteiger partial charge < -0.3 is 25.2 Å². The molecule has 35 heavy (non-hydrogen) atoms. The van der Waals surface area contributed by atoms with Gasteiger partial charge >= 0.3 is 12.1 Å². The largest absolute Gasteiger partial charge is 0.479 e. The van der Waals surface area contributed by atoms with Crippen LogP contribution in [0.1, 0.15) is 42.7 Å².